The number of nitrogens with zero attached hydrogens (tertiary/aromatic N) is 1. The Morgan fingerprint density at radius 1 is 1.13 bits per heavy atom. The second-order valence-electron chi connectivity index (χ2n) is 7.87. The number of aliphatic hydroxyl groups is 1. The first kappa shape index (κ1) is 21.4. The fraction of sp³-hybridized carbons (Fsp3) is 0.333. The fourth-order valence-corrected chi connectivity index (χ4v) is 3.65. The van der Waals surface area contributed by atoms with Gasteiger partial charge in [0.2, 0.25) is 0 Å². The highest BCUT2D eigenvalue weighted by Crippen LogP contribution is 2.42. The maximum absolute atomic E-state index is 13.0. The molecule has 1 saturated heterocycles. The maximum atomic E-state index is 13.0. The zero-order valence-electron chi connectivity index (χ0n) is 17.7. The summed E-state index contributed by atoms with van der Waals surface area (Å²) in [6.07, 6.45) is 0. The number of ether oxygens (including phenoxy) is 1. The number of Topliss-reactive ketones (excluding diaryl/α,β-unsaturated/α-hetero) is 1. The molecule has 2 aromatic rings. The molecule has 0 saturated carbocycles. The number of amides is 1. The third kappa shape index (κ3) is 4.03. The van der Waals surface area contributed by atoms with Crippen molar-refractivity contribution in [3.63, 3.8) is 0 Å². The van der Waals surface area contributed by atoms with E-state index in [1.165, 1.54) is 11.0 Å². The van der Waals surface area contributed by atoms with Crippen molar-refractivity contribution in [1.29, 1.82) is 0 Å². The van der Waals surface area contributed by atoms with Gasteiger partial charge in [0.25, 0.3) is 11.7 Å². The van der Waals surface area contributed by atoms with Crippen molar-refractivity contribution in [3.8, 4) is 11.5 Å². The van der Waals surface area contributed by atoms with Gasteiger partial charge < -0.3 is 19.8 Å². The molecule has 1 aliphatic rings. The van der Waals surface area contributed by atoms with E-state index in [1.54, 1.807) is 31.2 Å². The molecule has 1 amide bonds. The van der Waals surface area contributed by atoms with Gasteiger partial charge in [-0.15, -0.1) is 0 Å². The van der Waals surface area contributed by atoms with Crippen molar-refractivity contribution in [1.82, 2.24) is 4.90 Å². The van der Waals surface area contributed by atoms with Gasteiger partial charge in [0.05, 0.1) is 18.2 Å². The minimum absolute atomic E-state index is 0.0278. The molecule has 0 spiro atoms. The van der Waals surface area contributed by atoms with Crippen molar-refractivity contribution in [2.24, 2.45) is 5.92 Å². The quantitative estimate of drug-likeness (QED) is 0.425. The molecule has 2 aromatic carbocycles. The van der Waals surface area contributed by atoms with Crippen LogP contribution in [0.2, 0.25) is 0 Å². The van der Waals surface area contributed by atoms with Crippen molar-refractivity contribution in [2.45, 2.75) is 33.7 Å². The van der Waals surface area contributed by atoms with E-state index in [4.69, 9.17) is 4.74 Å². The van der Waals surface area contributed by atoms with Gasteiger partial charge in [-0.05, 0) is 37.5 Å². The number of phenolic OH excluding ortho intramolecular Hbond substituents is 1. The van der Waals surface area contributed by atoms with Gasteiger partial charge in [-0.3, -0.25) is 9.59 Å². The summed E-state index contributed by atoms with van der Waals surface area (Å²) in [7, 11) is 0. The minimum Gasteiger partial charge on any atom is -0.507 e. The van der Waals surface area contributed by atoms with Crippen LogP contribution in [0.3, 0.4) is 0 Å². The van der Waals surface area contributed by atoms with Crippen LogP contribution >= 0.6 is 0 Å². The second-order valence-corrected chi connectivity index (χ2v) is 7.87. The Morgan fingerprint density at radius 2 is 1.80 bits per heavy atom. The average Bonchev–Trinajstić information content (AvgIpc) is 2.94. The Kier molecular flexibility index (Phi) is 6.15. The molecule has 1 heterocycles. The van der Waals surface area contributed by atoms with Crippen LogP contribution in [0, 0.1) is 12.8 Å². The number of aromatic hydroxyl groups is 1. The summed E-state index contributed by atoms with van der Waals surface area (Å²) in [6, 6.07) is 11.1. The van der Waals surface area contributed by atoms with Crippen LogP contribution in [0.25, 0.3) is 5.76 Å². The molecular formula is C24H27NO5. The summed E-state index contributed by atoms with van der Waals surface area (Å²) < 4.78 is 5.48. The third-order valence-electron chi connectivity index (χ3n) is 5.03. The molecular weight excluding hydrogens is 382 g/mol. The molecule has 0 bridgehead atoms. The van der Waals surface area contributed by atoms with E-state index in [9.17, 15) is 19.8 Å². The lowest BCUT2D eigenvalue weighted by molar-refractivity contribution is -0.140. The molecule has 6 nitrogen and oxygen atoms in total. The lowest BCUT2D eigenvalue weighted by Crippen LogP contribution is -2.33. The van der Waals surface area contributed by atoms with E-state index in [1.807, 2.05) is 32.9 Å². The van der Waals surface area contributed by atoms with Crippen LogP contribution in [0.5, 0.6) is 11.5 Å². The van der Waals surface area contributed by atoms with Gasteiger partial charge in [0, 0.05) is 12.1 Å². The van der Waals surface area contributed by atoms with Crippen LogP contribution in [0.1, 0.15) is 43.5 Å². The number of phenols is 1. The summed E-state index contributed by atoms with van der Waals surface area (Å²) >= 11 is 0. The highest BCUT2D eigenvalue weighted by molar-refractivity contribution is 6.46. The number of aliphatic hydroxyl groups excluding tert-OH is 1. The van der Waals surface area contributed by atoms with E-state index in [-0.39, 0.29) is 28.7 Å². The number of benzene rings is 2. The highest BCUT2D eigenvalue weighted by atomic mass is 16.5. The molecule has 0 aliphatic carbocycles. The normalized spacial score (nSPS) is 18.3. The number of hydrogen-bond donors (Lipinski definition) is 2. The minimum atomic E-state index is -0.770. The zero-order chi connectivity index (χ0) is 22.0. The van der Waals surface area contributed by atoms with Gasteiger partial charge in [-0.2, -0.15) is 0 Å². The summed E-state index contributed by atoms with van der Waals surface area (Å²) in [5.74, 6) is -1.22. The molecule has 1 fully saturated rings. The smallest absolute Gasteiger partial charge is 0.295 e. The SMILES string of the molecule is CCOc1cc(C2C(=C(O)c3ccc(C)cc3)C(=O)C(=O)N2CC(C)C)ccc1O. The van der Waals surface area contributed by atoms with Crippen LogP contribution in [-0.2, 0) is 9.59 Å². The van der Waals surface area contributed by atoms with Gasteiger partial charge >= 0.3 is 0 Å². The predicted molar refractivity (Wildman–Crippen MR) is 114 cm³/mol. The first-order valence-corrected chi connectivity index (χ1v) is 10.1. The third-order valence-corrected chi connectivity index (χ3v) is 5.03. The average molecular weight is 409 g/mol. The molecule has 1 unspecified atom stereocenters. The number of carbonyl (C=O) groups excluding carboxylic acids is 2. The first-order valence-electron chi connectivity index (χ1n) is 10.1. The Bertz CT molecular complexity index is 991. The van der Waals surface area contributed by atoms with Crippen molar-refractivity contribution in [3.05, 3.63) is 64.7 Å². The van der Waals surface area contributed by atoms with E-state index in [0.717, 1.165) is 5.56 Å². The van der Waals surface area contributed by atoms with Crippen LogP contribution < -0.4 is 4.74 Å². The predicted octanol–water partition coefficient (Wildman–Crippen LogP) is 4.18. The van der Waals surface area contributed by atoms with Crippen molar-refractivity contribution in [2.75, 3.05) is 13.2 Å². The Balaban J connectivity index is 2.20. The Labute approximate surface area is 176 Å². The largest absolute Gasteiger partial charge is 0.507 e. The summed E-state index contributed by atoms with van der Waals surface area (Å²) in [5.41, 5.74) is 2.11. The topological polar surface area (TPSA) is 87.1 Å². The van der Waals surface area contributed by atoms with Gasteiger partial charge in [-0.25, -0.2) is 0 Å². The number of carbonyl (C=O) groups is 2. The standard InChI is InChI=1S/C24H27NO5/c1-5-30-19-12-17(10-11-18(19)26)21-20(22(27)16-8-6-15(4)7-9-16)23(28)24(29)25(21)13-14(2)3/h6-12,14,21,26-27H,5,13H2,1-4H3. The first-order chi connectivity index (χ1) is 14.2. The molecule has 6 heteroatoms. The molecule has 158 valence electrons. The molecule has 3 rings (SSSR count). The molecule has 0 aromatic heterocycles. The molecule has 0 radical (unpaired) electrons. The second kappa shape index (κ2) is 8.61. The molecule has 1 atom stereocenters. The molecule has 1 aliphatic heterocycles. The summed E-state index contributed by atoms with van der Waals surface area (Å²) in [6.45, 7) is 8.35. The molecule has 2 N–H and O–H groups in total. The van der Waals surface area contributed by atoms with E-state index >= 15 is 0 Å². The van der Waals surface area contributed by atoms with Crippen molar-refractivity contribution >= 4 is 17.4 Å². The lowest BCUT2D eigenvalue weighted by atomic mass is 9.94. The number of ketones is 1. The monoisotopic (exact) mass is 409 g/mol. The van der Waals surface area contributed by atoms with Crippen LogP contribution in [-0.4, -0.2) is 40.0 Å². The Hall–Kier alpha value is -3.28. The van der Waals surface area contributed by atoms with Gasteiger partial charge in [0.1, 0.15) is 5.76 Å². The zero-order valence-corrected chi connectivity index (χ0v) is 17.7. The van der Waals surface area contributed by atoms with Crippen molar-refractivity contribution < 1.29 is 24.5 Å². The van der Waals surface area contributed by atoms with Crippen LogP contribution in [0.4, 0.5) is 0 Å². The number of likely N-dealkylation sites (tertiary alicyclic amines) is 1. The van der Waals surface area contributed by atoms with Gasteiger partial charge in [0.15, 0.2) is 11.5 Å². The fourth-order valence-electron chi connectivity index (χ4n) is 3.65. The Morgan fingerprint density at radius 3 is 2.40 bits per heavy atom. The maximum Gasteiger partial charge on any atom is 0.295 e. The van der Waals surface area contributed by atoms with E-state index < -0.39 is 17.7 Å². The van der Waals surface area contributed by atoms with E-state index in [2.05, 4.69) is 0 Å². The summed E-state index contributed by atoms with van der Waals surface area (Å²) in [4.78, 5) is 27.3. The molecule has 30 heavy (non-hydrogen) atoms. The lowest BCUT2D eigenvalue weighted by Gasteiger charge is -2.27. The van der Waals surface area contributed by atoms with Crippen LogP contribution in [0.15, 0.2) is 48.0 Å². The number of aryl methyl sites for hydroxylation is 1. The van der Waals surface area contributed by atoms with Gasteiger partial charge in [-0.1, -0.05) is 49.7 Å². The van der Waals surface area contributed by atoms with E-state index in [0.29, 0.717) is 24.3 Å². The number of rotatable bonds is 6. The highest BCUT2D eigenvalue weighted by Gasteiger charge is 2.46. The number of hydrogen-bond acceptors (Lipinski definition) is 5. The summed E-state index contributed by atoms with van der Waals surface area (Å²) in [5, 5.41) is 21.1.